The molecule has 0 aromatic rings. The Morgan fingerprint density at radius 3 is 2.50 bits per heavy atom. The van der Waals surface area contributed by atoms with Crippen LogP contribution in [0.3, 0.4) is 0 Å². The average Bonchev–Trinajstić information content (AvgIpc) is 2.74. The van der Waals surface area contributed by atoms with Gasteiger partial charge in [0.25, 0.3) is 0 Å². The Balaban J connectivity index is 1.61. The van der Waals surface area contributed by atoms with Crippen molar-refractivity contribution in [1.29, 1.82) is 0 Å². The summed E-state index contributed by atoms with van der Waals surface area (Å²) >= 11 is 0. The Bertz CT molecular complexity index is 244. The standard InChI is InChI=1S/C14H28N2O2/c1-14(11-17,15-2)7-3-4-8-16-9-12-5-6-13(10-16)18-12/h12-13,15,17H,3-11H2,1-2H3. The SMILES string of the molecule is CNC(C)(CO)CCCCN1CC2CCC(C1)O2. The van der Waals surface area contributed by atoms with Crippen LogP contribution in [0, 0.1) is 0 Å². The molecule has 0 aromatic heterocycles. The maximum atomic E-state index is 9.32. The molecule has 2 aliphatic heterocycles. The van der Waals surface area contributed by atoms with Crippen LogP contribution in [0.15, 0.2) is 0 Å². The number of morpholine rings is 1. The molecule has 2 aliphatic rings. The molecule has 2 N–H and O–H groups in total. The molecule has 0 spiro atoms. The number of likely N-dealkylation sites (tertiary alicyclic amines) is 1. The first-order valence-electron chi connectivity index (χ1n) is 7.33. The molecule has 0 aromatic carbocycles. The molecule has 2 saturated heterocycles. The molecular weight excluding hydrogens is 228 g/mol. The summed E-state index contributed by atoms with van der Waals surface area (Å²) in [5, 5.41) is 12.5. The Kier molecular flexibility index (Phi) is 5.01. The number of rotatable bonds is 7. The van der Waals surface area contributed by atoms with E-state index in [1.54, 1.807) is 0 Å². The lowest BCUT2D eigenvalue weighted by Crippen LogP contribution is -2.44. The molecule has 18 heavy (non-hydrogen) atoms. The van der Waals surface area contributed by atoms with E-state index in [0.717, 1.165) is 19.5 Å². The molecule has 0 aliphatic carbocycles. The van der Waals surface area contributed by atoms with E-state index in [1.807, 2.05) is 7.05 Å². The van der Waals surface area contributed by atoms with Crippen LogP contribution >= 0.6 is 0 Å². The molecule has 2 fully saturated rings. The Hall–Kier alpha value is -0.160. The van der Waals surface area contributed by atoms with Gasteiger partial charge in [-0.3, -0.25) is 4.90 Å². The highest BCUT2D eigenvalue weighted by Gasteiger charge is 2.33. The predicted molar refractivity (Wildman–Crippen MR) is 72.7 cm³/mol. The highest BCUT2D eigenvalue weighted by atomic mass is 16.5. The van der Waals surface area contributed by atoms with Gasteiger partial charge in [0.2, 0.25) is 0 Å². The van der Waals surface area contributed by atoms with Crippen LogP contribution in [0.4, 0.5) is 0 Å². The summed E-state index contributed by atoms with van der Waals surface area (Å²) in [4.78, 5) is 2.56. The number of nitrogens with zero attached hydrogens (tertiary/aromatic N) is 1. The lowest BCUT2D eigenvalue weighted by molar-refractivity contribution is -0.0386. The minimum atomic E-state index is -0.107. The van der Waals surface area contributed by atoms with Crippen LogP contribution in [0.2, 0.25) is 0 Å². The van der Waals surface area contributed by atoms with Gasteiger partial charge in [-0.25, -0.2) is 0 Å². The molecule has 2 heterocycles. The van der Waals surface area contributed by atoms with Gasteiger partial charge in [-0.2, -0.15) is 0 Å². The van der Waals surface area contributed by atoms with Crippen LogP contribution in [0.5, 0.6) is 0 Å². The number of likely N-dealkylation sites (N-methyl/N-ethyl adjacent to an activating group) is 1. The van der Waals surface area contributed by atoms with Crippen molar-refractivity contribution in [1.82, 2.24) is 10.2 Å². The number of hydrogen-bond donors (Lipinski definition) is 2. The number of aliphatic hydroxyl groups is 1. The molecule has 0 amide bonds. The average molecular weight is 256 g/mol. The van der Waals surface area contributed by atoms with E-state index in [2.05, 4.69) is 17.1 Å². The molecule has 2 bridgehead atoms. The molecule has 4 heteroatoms. The van der Waals surface area contributed by atoms with Gasteiger partial charge < -0.3 is 15.2 Å². The molecule has 3 atom stereocenters. The number of fused-ring (bicyclic) bond motifs is 2. The first kappa shape index (κ1) is 14.3. The second-order valence-corrected chi connectivity index (χ2v) is 6.14. The van der Waals surface area contributed by atoms with Crippen molar-refractivity contribution in [2.75, 3.05) is 33.3 Å². The van der Waals surface area contributed by atoms with Crippen molar-refractivity contribution in [3.63, 3.8) is 0 Å². The molecule has 4 nitrogen and oxygen atoms in total. The summed E-state index contributed by atoms with van der Waals surface area (Å²) < 4.78 is 5.84. The van der Waals surface area contributed by atoms with E-state index in [1.165, 1.54) is 32.2 Å². The minimum Gasteiger partial charge on any atom is -0.394 e. The Labute approximate surface area is 111 Å². The fraction of sp³-hybridized carbons (Fsp3) is 1.00. The van der Waals surface area contributed by atoms with Crippen LogP contribution in [-0.2, 0) is 4.74 Å². The number of unbranched alkanes of at least 4 members (excludes halogenated alkanes) is 1. The molecule has 2 rings (SSSR count). The largest absolute Gasteiger partial charge is 0.394 e. The predicted octanol–water partition coefficient (Wildman–Crippen LogP) is 0.990. The van der Waals surface area contributed by atoms with Crippen LogP contribution < -0.4 is 5.32 Å². The summed E-state index contributed by atoms with van der Waals surface area (Å²) in [6.45, 7) is 5.73. The second-order valence-electron chi connectivity index (χ2n) is 6.14. The number of nitrogens with one attached hydrogen (secondary N) is 1. The van der Waals surface area contributed by atoms with Crippen molar-refractivity contribution in [2.24, 2.45) is 0 Å². The fourth-order valence-electron chi connectivity index (χ4n) is 3.02. The fourth-order valence-corrected chi connectivity index (χ4v) is 3.02. The number of hydrogen-bond acceptors (Lipinski definition) is 4. The molecule has 3 unspecified atom stereocenters. The van der Waals surface area contributed by atoms with E-state index in [4.69, 9.17) is 4.74 Å². The van der Waals surface area contributed by atoms with Gasteiger partial charge in [-0.15, -0.1) is 0 Å². The number of ether oxygens (including phenoxy) is 1. The molecule has 0 saturated carbocycles. The van der Waals surface area contributed by atoms with Crippen LogP contribution in [0.1, 0.15) is 39.0 Å². The molecule has 0 radical (unpaired) electrons. The lowest BCUT2D eigenvalue weighted by Gasteiger charge is -2.32. The van der Waals surface area contributed by atoms with Gasteiger partial charge in [0.05, 0.1) is 18.8 Å². The Morgan fingerprint density at radius 2 is 1.94 bits per heavy atom. The van der Waals surface area contributed by atoms with Crippen molar-refractivity contribution in [3.8, 4) is 0 Å². The number of aliphatic hydroxyl groups excluding tert-OH is 1. The van der Waals surface area contributed by atoms with E-state index >= 15 is 0 Å². The van der Waals surface area contributed by atoms with Crippen molar-refractivity contribution >= 4 is 0 Å². The third kappa shape index (κ3) is 3.67. The maximum Gasteiger partial charge on any atom is 0.0707 e. The Morgan fingerprint density at radius 1 is 1.28 bits per heavy atom. The lowest BCUT2D eigenvalue weighted by atomic mass is 9.96. The smallest absolute Gasteiger partial charge is 0.0707 e. The summed E-state index contributed by atoms with van der Waals surface area (Å²) in [5.41, 5.74) is -0.107. The zero-order valence-corrected chi connectivity index (χ0v) is 11.8. The van der Waals surface area contributed by atoms with E-state index in [9.17, 15) is 5.11 Å². The highest BCUT2D eigenvalue weighted by molar-refractivity contribution is 4.85. The summed E-state index contributed by atoms with van der Waals surface area (Å²) in [7, 11) is 1.93. The zero-order chi connectivity index (χ0) is 13.0. The summed E-state index contributed by atoms with van der Waals surface area (Å²) in [5.74, 6) is 0. The summed E-state index contributed by atoms with van der Waals surface area (Å²) in [6.07, 6.45) is 6.94. The van der Waals surface area contributed by atoms with Gasteiger partial charge in [0.1, 0.15) is 0 Å². The van der Waals surface area contributed by atoms with Crippen LogP contribution in [0.25, 0.3) is 0 Å². The first-order valence-corrected chi connectivity index (χ1v) is 7.33. The van der Waals surface area contributed by atoms with Gasteiger partial charge >= 0.3 is 0 Å². The van der Waals surface area contributed by atoms with Gasteiger partial charge in [0.15, 0.2) is 0 Å². The topological polar surface area (TPSA) is 44.7 Å². The van der Waals surface area contributed by atoms with Gasteiger partial charge in [0, 0.05) is 18.6 Å². The van der Waals surface area contributed by atoms with E-state index in [-0.39, 0.29) is 12.1 Å². The molecular formula is C14H28N2O2. The third-order valence-corrected chi connectivity index (χ3v) is 4.52. The monoisotopic (exact) mass is 256 g/mol. The second kappa shape index (κ2) is 6.33. The minimum absolute atomic E-state index is 0.107. The van der Waals surface area contributed by atoms with Crippen LogP contribution in [-0.4, -0.2) is 61.0 Å². The first-order chi connectivity index (χ1) is 8.65. The quantitative estimate of drug-likeness (QED) is 0.667. The van der Waals surface area contributed by atoms with E-state index in [0.29, 0.717) is 12.2 Å². The van der Waals surface area contributed by atoms with Crippen molar-refractivity contribution in [3.05, 3.63) is 0 Å². The zero-order valence-electron chi connectivity index (χ0n) is 11.8. The van der Waals surface area contributed by atoms with E-state index < -0.39 is 0 Å². The third-order valence-electron chi connectivity index (χ3n) is 4.52. The normalized spacial score (nSPS) is 31.5. The van der Waals surface area contributed by atoms with Gasteiger partial charge in [-0.05, 0) is 46.2 Å². The summed E-state index contributed by atoms with van der Waals surface area (Å²) in [6, 6.07) is 0. The van der Waals surface area contributed by atoms with Gasteiger partial charge in [-0.1, -0.05) is 6.42 Å². The highest BCUT2D eigenvalue weighted by Crippen LogP contribution is 2.26. The van der Waals surface area contributed by atoms with Crippen molar-refractivity contribution in [2.45, 2.75) is 56.8 Å². The van der Waals surface area contributed by atoms with Crippen molar-refractivity contribution < 1.29 is 9.84 Å². The molecule has 106 valence electrons. The maximum absolute atomic E-state index is 9.32.